The fraction of sp³-hybridized carbons (Fsp3) is 0. The van der Waals surface area contributed by atoms with Crippen LogP contribution in [0.5, 0.6) is 0 Å². The molecule has 0 spiro atoms. The van der Waals surface area contributed by atoms with Gasteiger partial charge < -0.3 is 16.2 Å². The van der Waals surface area contributed by atoms with Crippen LogP contribution in [0.4, 0.5) is 5.69 Å². The number of amides is 1. The molecule has 0 aliphatic rings. The van der Waals surface area contributed by atoms with Gasteiger partial charge in [-0.15, -0.1) is 0 Å². The van der Waals surface area contributed by atoms with Gasteiger partial charge in [0.25, 0.3) is 5.91 Å². The van der Waals surface area contributed by atoms with Crippen LogP contribution in [-0.4, -0.2) is 22.8 Å². The standard InChI is InChI=1S/C25H19N3O3/c26-23(27)16-9-12-17(13-10-16)28-24(29)21-14-11-15-5-1-2-6-18(15)22(21)19-7-3-4-8-20(19)25(30)31/h1-14H,(H3,26,27)(H,28,29)(H,30,31). The Morgan fingerprint density at radius 1 is 0.806 bits per heavy atom. The maximum atomic E-state index is 13.2. The smallest absolute Gasteiger partial charge is 0.336 e. The summed E-state index contributed by atoms with van der Waals surface area (Å²) in [6.07, 6.45) is 0. The molecule has 152 valence electrons. The van der Waals surface area contributed by atoms with Crippen LogP contribution in [-0.2, 0) is 0 Å². The number of nitrogen functional groups attached to an aromatic ring is 1. The number of amidine groups is 1. The summed E-state index contributed by atoms with van der Waals surface area (Å²) in [6, 6.07) is 24.4. The van der Waals surface area contributed by atoms with Crippen LogP contribution in [0, 0.1) is 5.41 Å². The van der Waals surface area contributed by atoms with E-state index in [-0.39, 0.29) is 17.3 Å². The van der Waals surface area contributed by atoms with Crippen LogP contribution in [0.3, 0.4) is 0 Å². The number of carbonyl (C=O) groups excluding carboxylic acids is 1. The summed E-state index contributed by atoms with van der Waals surface area (Å²) < 4.78 is 0. The van der Waals surface area contributed by atoms with E-state index in [0.29, 0.717) is 27.9 Å². The molecule has 0 saturated heterocycles. The van der Waals surface area contributed by atoms with E-state index in [1.807, 2.05) is 30.3 Å². The van der Waals surface area contributed by atoms with Crippen molar-refractivity contribution in [1.82, 2.24) is 0 Å². The maximum Gasteiger partial charge on any atom is 0.336 e. The summed E-state index contributed by atoms with van der Waals surface area (Å²) >= 11 is 0. The molecule has 6 heteroatoms. The lowest BCUT2D eigenvalue weighted by Gasteiger charge is -2.15. The van der Waals surface area contributed by atoms with E-state index in [2.05, 4.69) is 5.32 Å². The van der Waals surface area contributed by atoms with E-state index >= 15 is 0 Å². The number of anilines is 1. The van der Waals surface area contributed by atoms with Gasteiger partial charge in [0.1, 0.15) is 5.84 Å². The van der Waals surface area contributed by atoms with Crippen molar-refractivity contribution in [3.8, 4) is 11.1 Å². The lowest BCUT2D eigenvalue weighted by Crippen LogP contribution is -2.15. The van der Waals surface area contributed by atoms with Crippen LogP contribution in [0.1, 0.15) is 26.3 Å². The van der Waals surface area contributed by atoms with Gasteiger partial charge in [0.15, 0.2) is 0 Å². The summed E-state index contributed by atoms with van der Waals surface area (Å²) in [5.74, 6) is -1.48. The second-order valence-corrected chi connectivity index (χ2v) is 7.01. The van der Waals surface area contributed by atoms with Crippen molar-refractivity contribution in [3.63, 3.8) is 0 Å². The molecule has 0 saturated carbocycles. The molecule has 0 aliphatic carbocycles. The van der Waals surface area contributed by atoms with Crippen molar-refractivity contribution in [1.29, 1.82) is 5.41 Å². The zero-order valence-corrected chi connectivity index (χ0v) is 16.4. The van der Waals surface area contributed by atoms with Gasteiger partial charge in [-0.25, -0.2) is 4.79 Å². The molecule has 0 atom stereocenters. The van der Waals surface area contributed by atoms with Crippen LogP contribution < -0.4 is 11.1 Å². The first kappa shape index (κ1) is 19.8. The molecular formula is C25H19N3O3. The summed E-state index contributed by atoms with van der Waals surface area (Å²) in [7, 11) is 0. The molecule has 0 heterocycles. The third-order valence-electron chi connectivity index (χ3n) is 5.05. The van der Waals surface area contributed by atoms with E-state index < -0.39 is 5.97 Å². The zero-order valence-electron chi connectivity index (χ0n) is 16.4. The van der Waals surface area contributed by atoms with Gasteiger partial charge in [-0.3, -0.25) is 10.2 Å². The van der Waals surface area contributed by atoms with Crippen molar-refractivity contribution < 1.29 is 14.7 Å². The number of carboxylic acid groups (broad SMARTS) is 1. The van der Waals surface area contributed by atoms with Gasteiger partial charge in [-0.2, -0.15) is 0 Å². The molecule has 0 radical (unpaired) electrons. The van der Waals surface area contributed by atoms with Crippen molar-refractivity contribution >= 4 is 34.2 Å². The minimum absolute atomic E-state index is 0.0556. The number of carbonyl (C=O) groups is 2. The molecule has 4 aromatic rings. The molecule has 4 aromatic carbocycles. The highest BCUT2D eigenvalue weighted by molar-refractivity contribution is 6.16. The molecule has 0 unspecified atom stereocenters. The van der Waals surface area contributed by atoms with Gasteiger partial charge in [-0.1, -0.05) is 48.5 Å². The lowest BCUT2D eigenvalue weighted by molar-refractivity contribution is 0.0697. The molecule has 5 N–H and O–H groups in total. The second-order valence-electron chi connectivity index (χ2n) is 7.01. The molecule has 31 heavy (non-hydrogen) atoms. The maximum absolute atomic E-state index is 13.2. The number of benzene rings is 4. The minimum atomic E-state index is -1.06. The van der Waals surface area contributed by atoms with Gasteiger partial charge >= 0.3 is 5.97 Å². The number of hydrogen-bond acceptors (Lipinski definition) is 3. The van der Waals surface area contributed by atoms with Gasteiger partial charge in [0.2, 0.25) is 0 Å². The Kier molecular flexibility index (Phi) is 5.20. The van der Waals surface area contributed by atoms with Crippen LogP contribution in [0.2, 0.25) is 0 Å². The highest BCUT2D eigenvalue weighted by Gasteiger charge is 2.20. The van der Waals surface area contributed by atoms with Gasteiger partial charge in [0.05, 0.1) is 5.56 Å². The van der Waals surface area contributed by atoms with Crippen LogP contribution >= 0.6 is 0 Å². The van der Waals surface area contributed by atoms with Crippen LogP contribution in [0.15, 0.2) is 84.9 Å². The van der Waals surface area contributed by atoms with E-state index in [9.17, 15) is 14.7 Å². The molecule has 1 amide bonds. The Hall–Kier alpha value is -4.45. The number of aromatic carboxylic acids is 1. The first-order valence-electron chi connectivity index (χ1n) is 9.56. The van der Waals surface area contributed by atoms with Crippen molar-refractivity contribution in [2.24, 2.45) is 5.73 Å². The number of carboxylic acids is 1. The number of hydrogen-bond donors (Lipinski definition) is 4. The summed E-state index contributed by atoms with van der Waals surface area (Å²) in [4.78, 5) is 25.1. The summed E-state index contributed by atoms with van der Waals surface area (Å²) in [6.45, 7) is 0. The van der Waals surface area contributed by atoms with E-state index in [1.54, 1.807) is 48.5 Å². The van der Waals surface area contributed by atoms with Crippen molar-refractivity contribution in [2.45, 2.75) is 0 Å². The number of fused-ring (bicyclic) bond motifs is 1. The molecule has 0 aliphatic heterocycles. The predicted molar refractivity (Wildman–Crippen MR) is 122 cm³/mol. The van der Waals surface area contributed by atoms with Crippen molar-refractivity contribution in [2.75, 3.05) is 5.32 Å². The largest absolute Gasteiger partial charge is 0.478 e. The quantitative estimate of drug-likeness (QED) is 0.281. The van der Waals surface area contributed by atoms with E-state index in [4.69, 9.17) is 11.1 Å². The molecule has 0 bridgehead atoms. The SMILES string of the molecule is N=C(N)c1ccc(NC(=O)c2ccc3ccccc3c2-c2ccccc2C(=O)O)cc1. The summed E-state index contributed by atoms with van der Waals surface area (Å²) in [5.41, 5.74) is 8.10. The Balaban J connectivity index is 1.85. The number of nitrogens with one attached hydrogen (secondary N) is 2. The fourth-order valence-electron chi connectivity index (χ4n) is 3.57. The Morgan fingerprint density at radius 2 is 1.48 bits per heavy atom. The van der Waals surface area contributed by atoms with Crippen LogP contribution in [0.25, 0.3) is 21.9 Å². The zero-order chi connectivity index (χ0) is 22.0. The monoisotopic (exact) mass is 409 g/mol. The average molecular weight is 409 g/mol. The Bertz CT molecular complexity index is 1330. The molecular weight excluding hydrogens is 390 g/mol. The second kappa shape index (κ2) is 8.12. The first-order valence-corrected chi connectivity index (χ1v) is 9.56. The predicted octanol–water partition coefficient (Wildman–Crippen LogP) is 4.74. The highest BCUT2D eigenvalue weighted by Crippen LogP contribution is 2.35. The summed E-state index contributed by atoms with van der Waals surface area (Å²) in [5, 5.41) is 21.7. The normalized spacial score (nSPS) is 10.6. The average Bonchev–Trinajstić information content (AvgIpc) is 2.78. The Labute approximate surface area is 178 Å². The molecule has 6 nitrogen and oxygen atoms in total. The third-order valence-corrected chi connectivity index (χ3v) is 5.05. The topological polar surface area (TPSA) is 116 Å². The molecule has 4 rings (SSSR count). The third kappa shape index (κ3) is 3.86. The van der Waals surface area contributed by atoms with Gasteiger partial charge in [0, 0.05) is 22.4 Å². The number of nitrogens with two attached hydrogens (primary N) is 1. The number of rotatable bonds is 5. The Morgan fingerprint density at radius 3 is 2.19 bits per heavy atom. The van der Waals surface area contributed by atoms with E-state index in [1.165, 1.54) is 6.07 Å². The molecule has 0 fully saturated rings. The van der Waals surface area contributed by atoms with Crippen molar-refractivity contribution in [3.05, 3.63) is 102 Å². The van der Waals surface area contributed by atoms with Gasteiger partial charge in [-0.05, 0) is 52.7 Å². The molecule has 0 aromatic heterocycles. The lowest BCUT2D eigenvalue weighted by atomic mass is 9.90. The first-order chi connectivity index (χ1) is 15.0. The minimum Gasteiger partial charge on any atom is -0.478 e. The highest BCUT2D eigenvalue weighted by atomic mass is 16.4. The fourth-order valence-corrected chi connectivity index (χ4v) is 3.57. The van der Waals surface area contributed by atoms with E-state index in [0.717, 1.165) is 10.8 Å².